The first-order valence-electron chi connectivity index (χ1n) is 3.96. The Morgan fingerprint density at radius 3 is 2.50 bits per heavy atom. The molecule has 3 aliphatic rings. The molecule has 56 valence electrons. The monoisotopic (exact) mass is 141 g/mol. The number of fused-ring (bicyclic) bond motifs is 2. The van der Waals surface area contributed by atoms with Gasteiger partial charge in [-0.15, -0.1) is 0 Å². The lowest BCUT2D eigenvalue weighted by Crippen LogP contribution is -2.47. The normalized spacial score (nSPS) is 44.2. The molecular weight excluding hydrogens is 129 g/mol. The molecule has 0 radical (unpaired) electrons. The third-order valence-electron chi connectivity index (χ3n) is 3.08. The number of aliphatic carboxylic acids is 1. The summed E-state index contributed by atoms with van der Waals surface area (Å²) in [6.45, 7) is 0. The Bertz CT molecular complexity index is 163. The van der Waals surface area contributed by atoms with Crippen molar-refractivity contribution >= 4 is 5.97 Å². The molecule has 0 heterocycles. The second-order valence-corrected chi connectivity index (χ2v) is 3.75. The largest absolute Gasteiger partial charge is 0.481 e. The minimum absolute atomic E-state index is 0.261. The predicted octanol–water partition coefficient (Wildman–Crippen LogP) is 1.65. The topological polar surface area (TPSA) is 37.3 Å². The van der Waals surface area contributed by atoms with Crippen molar-refractivity contribution in [1.29, 1.82) is 0 Å². The van der Waals surface area contributed by atoms with Crippen molar-refractivity contribution < 1.29 is 9.90 Å². The van der Waals surface area contributed by atoms with Gasteiger partial charge in [0.25, 0.3) is 0 Å². The summed E-state index contributed by atoms with van der Waals surface area (Å²) >= 11 is 0. The third kappa shape index (κ3) is 0.619. The van der Waals surface area contributed by atoms with Crippen LogP contribution >= 0.6 is 0 Å². The van der Waals surface area contributed by atoms with Gasteiger partial charge in [-0.3, -0.25) is 4.79 Å². The van der Waals surface area contributed by atoms with E-state index in [1.165, 1.54) is 6.42 Å². The molecule has 0 aromatic carbocycles. The first kappa shape index (κ1) is 6.20. The molecule has 2 nitrogen and oxygen atoms in total. The van der Waals surface area contributed by atoms with Gasteiger partial charge in [0, 0.05) is 0 Å². The van der Waals surface area contributed by atoms with Crippen LogP contribution in [-0.2, 0) is 4.79 Å². The van der Waals surface area contributed by atoms with Crippen LogP contribution in [0.4, 0.5) is 0 Å². The highest BCUT2D eigenvalue weighted by molar-refractivity contribution is 5.76. The number of hydrogen-bond acceptors (Lipinski definition) is 1. The molecule has 0 unspecified atom stereocenters. The summed E-state index contributed by atoms with van der Waals surface area (Å²) in [5.41, 5.74) is -0.261. The number of carboxylic acid groups (broad SMARTS) is 1. The lowest BCUT2D eigenvalue weighted by atomic mass is 9.58. The molecule has 0 amide bonds. The average molecular weight is 141 g/mol. The average Bonchev–Trinajstić information content (AvgIpc) is 1.87. The standard InChI is InChI=1S/C8H12O2/c9-7(10)8-3-1-2-6(4-8)5-8/h6H,1-5H2,(H,9,10)/i7+1. The van der Waals surface area contributed by atoms with E-state index in [1.54, 1.807) is 0 Å². The number of rotatable bonds is 1. The summed E-state index contributed by atoms with van der Waals surface area (Å²) in [6.07, 6.45) is 5.26. The Hall–Kier alpha value is -0.530. The summed E-state index contributed by atoms with van der Waals surface area (Å²) < 4.78 is 0. The highest BCUT2D eigenvalue weighted by atomic mass is 16.5. The minimum atomic E-state index is -0.552. The summed E-state index contributed by atoms with van der Waals surface area (Å²) in [5, 5.41) is 8.84. The van der Waals surface area contributed by atoms with Gasteiger partial charge >= 0.3 is 5.97 Å². The van der Waals surface area contributed by atoms with Crippen LogP contribution in [0.15, 0.2) is 0 Å². The molecule has 0 aliphatic heterocycles. The van der Waals surface area contributed by atoms with Gasteiger partial charge in [-0.2, -0.15) is 0 Å². The quantitative estimate of drug-likeness (QED) is 0.564. The van der Waals surface area contributed by atoms with E-state index in [2.05, 4.69) is 0 Å². The summed E-state index contributed by atoms with van der Waals surface area (Å²) in [5.74, 6) is 0.202. The zero-order chi connectivity index (χ0) is 7.19. The molecular formula is C8H12O2. The Labute approximate surface area is 60.2 Å². The van der Waals surface area contributed by atoms with Gasteiger partial charge in [-0.05, 0) is 25.2 Å². The highest BCUT2D eigenvalue weighted by Crippen LogP contribution is 2.55. The minimum Gasteiger partial charge on any atom is -0.481 e. The molecule has 2 heteroatoms. The zero-order valence-corrected chi connectivity index (χ0v) is 5.97. The van der Waals surface area contributed by atoms with Crippen molar-refractivity contribution in [3.8, 4) is 0 Å². The fraction of sp³-hybridized carbons (Fsp3) is 0.875. The Morgan fingerprint density at radius 1 is 1.50 bits per heavy atom. The molecule has 3 aliphatic carbocycles. The molecule has 0 atom stereocenters. The number of carboxylic acids is 1. The van der Waals surface area contributed by atoms with Crippen LogP contribution in [0.2, 0.25) is 0 Å². The molecule has 10 heavy (non-hydrogen) atoms. The van der Waals surface area contributed by atoms with Crippen molar-refractivity contribution in [2.75, 3.05) is 0 Å². The van der Waals surface area contributed by atoms with Crippen LogP contribution in [0.3, 0.4) is 0 Å². The van der Waals surface area contributed by atoms with Crippen molar-refractivity contribution in [3.63, 3.8) is 0 Å². The van der Waals surface area contributed by atoms with Gasteiger partial charge in [0.05, 0.1) is 5.41 Å². The second kappa shape index (κ2) is 1.74. The van der Waals surface area contributed by atoms with Crippen LogP contribution in [0.25, 0.3) is 0 Å². The molecule has 0 saturated heterocycles. The zero-order valence-electron chi connectivity index (χ0n) is 5.97. The second-order valence-electron chi connectivity index (χ2n) is 3.75. The van der Waals surface area contributed by atoms with E-state index in [0.717, 1.165) is 31.6 Å². The van der Waals surface area contributed by atoms with Crippen molar-refractivity contribution in [3.05, 3.63) is 0 Å². The maximum absolute atomic E-state index is 10.7. The van der Waals surface area contributed by atoms with Crippen LogP contribution in [0.1, 0.15) is 32.1 Å². The SMILES string of the molecule is O=[13C](O)C12CCCC(C1)C2. The van der Waals surface area contributed by atoms with Crippen LogP contribution in [0, 0.1) is 11.3 Å². The molecule has 1 N–H and O–H groups in total. The summed E-state index contributed by atoms with van der Waals surface area (Å²) in [6, 6.07) is 0. The van der Waals surface area contributed by atoms with Crippen molar-refractivity contribution in [2.45, 2.75) is 32.1 Å². The first-order chi connectivity index (χ1) is 4.73. The fourth-order valence-corrected chi connectivity index (χ4v) is 2.46. The number of carbonyl (C=O) groups is 1. The van der Waals surface area contributed by atoms with E-state index in [-0.39, 0.29) is 5.41 Å². The number of hydrogen-bond donors (Lipinski definition) is 1. The van der Waals surface area contributed by atoms with E-state index in [0.29, 0.717) is 0 Å². The van der Waals surface area contributed by atoms with E-state index < -0.39 is 5.97 Å². The van der Waals surface area contributed by atoms with Gasteiger partial charge < -0.3 is 5.11 Å². The lowest BCUT2D eigenvalue weighted by Gasteiger charge is -2.49. The molecule has 3 rings (SSSR count). The summed E-state index contributed by atoms with van der Waals surface area (Å²) in [7, 11) is 0. The Morgan fingerprint density at radius 2 is 2.20 bits per heavy atom. The van der Waals surface area contributed by atoms with Crippen LogP contribution in [-0.4, -0.2) is 11.1 Å². The third-order valence-corrected chi connectivity index (χ3v) is 3.08. The Balaban J connectivity index is 2.12. The Kier molecular flexibility index (Phi) is 1.08. The maximum Gasteiger partial charge on any atom is 0.309 e. The van der Waals surface area contributed by atoms with E-state index in [4.69, 9.17) is 5.11 Å². The van der Waals surface area contributed by atoms with Crippen LogP contribution in [0.5, 0.6) is 0 Å². The van der Waals surface area contributed by atoms with Crippen molar-refractivity contribution in [1.82, 2.24) is 0 Å². The lowest BCUT2D eigenvalue weighted by molar-refractivity contribution is -0.163. The molecule has 2 bridgehead atoms. The van der Waals surface area contributed by atoms with E-state index in [1.807, 2.05) is 0 Å². The summed E-state index contributed by atoms with van der Waals surface area (Å²) in [4.78, 5) is 10.7. The molecule has 3 saturated carbocycles. The van der Waals surface area contributed by atoms with Gasteiger partial charge in [-0.1, -0.05) is 12.8 Å². The maximum atomic E-state index is 10.7. The predicted molar refractivity (Wildman–Crippen MR) is 36.6 cm³/mol. The van der Waals surface area contributed by atoms with Gasteiger partial charge in [0.15, 0.2) is 0 Å². The van der Waals surface area contributed by atoms with Gasteiger partial charge in [-0.25, -0.2) is 0 Å². The molecule has 0 aromatic heterocycles. The van der Waals surface area contributed by atoms with E-state index >= 15 is 0 Å². The van der Waals surface area contributed by atoms with Gasteiger partial charge in [0.2, 0.25) is 0 Å². The van der Waals surface area contributed by atoms with Gasteiger partial charge in [0.1, 0.15) is 0 Å². The smallest absolute Gasteiger partial charge is 0.309 e. The molecule has 0 aromatic rings. The van der Waals surface area contributed by atoms with Crippen molar-refractivity contribution in [2.24, 2.45) is 11.3 Å². The van der Waals surface area contributed by atoms with E-state index in [9.17, 15) is 4.79 Å². The molecule has 0 spiro atoms. The fourth-order valence-electron chi connectivity index (χ4n) is 2.46. The molecule has 3 fully saturated rings. The van der Waals surface area contributed by atoms with Crippen LogP contribution < -0.4 is 0 Å². The first-order valence-corrected chi connectivity index (χ1v) is 3.96. The highest BCUT2D eigenvalue weighted by Gasteiger charge is 2.52.